The number of morpholine rings is 1. The van der Waals surface area contributed by atoms with Gasteiger partial charge in [0.25, 0.3) is 0 Å². The Labute approximate surface area is 106 Å². The van der Waals surface area contributed by atoms with Gasteiger partial charge in [0.1, 0.15) is 12.1 Å². The molecule has 0 unspecified atom stereocenters. The summed E-state index contributed by atoms with van der Waals surface area (Å²) in [6.45, 7) is 7.08. The summed E-state index contributed by atoms with van der Waals surface area (Å²) < 4.78 is 5.38. The molecule has 92 valence electrons. The molecular formula is C14H15N3O. The molecule has 1 aliphatic rings. The van der Waals surface area contributed by atoms with Crippen LogP contribution in [-0.4, -0.2) is 36.3 Å². The average molecular weight is 241 g/mol. The minimum atomic E-state index is 0.757. The first kappa shape index (κ1) is 11.2. The standard InChI is InChI=1S/C14H15N3O/c1-2-11-3-4-13-12(9-11)14(16-10-15-13)17-5-7-18-8-6-17/h2-4,9-10H,1,5-8H2. The fourth-order valence-electron chi connectivity index (χ4n) is 2.21. The van der Waals surface area contributed by atoms with Crippen molar-refractivity contribution < 1.29 is 4.74 Å². The zero-order valence-electron chi connectivity index (χ0n) is 10.2. The van der Waals surface area contributed by atoms with Crippen molar-refractivity contribution in [2.24, 2.45) is 0 Å². The van der Waals surface area contributed by atoms with E-state index in [9.17, 15) is 0 Å². The van der Waals surface area contributed by atoms with Gasteiger partial charge in [-0.05, 0) is 17.7 Å². The molecule has 0 saturated carbocycles. The predicted molar refractivity (Wildman–Crippen MR) is 72.7 cm³/mol. The summed E-state index contributed by atoms with van der Waals surface area (Å²) in [7, 11) is 0. The molecule has 0 spiro atoms. The number of rotatable bonds is 2. The van der Waals surface area contributed by atoms with Gasteiger partial charge in [0.15, 0.2) is 0 Å². The van der Waals surface area contributed by atoms with Gasteiger partial charge < -0.3 is 9.64 Å². The van der Waals surface area contributed by atoms with E-state index in [1.165, 1.54) is 0 Å². The Morgan fingerprint density at radius 1 is 1.22 bits per heavy atom. The van der Waals surface area contributed by atoms with Gasteiger partial charge in [-0.3, -0.25) is 0 Å². The van der Waals surface area contributed by atoms with Crippen LogP contribution in [0.4, 0.5) is 5.82 Å². The van der Waals surface area contributed by atoms with Crippen LogP contribution in [0.1, 0.15) is 5.56 Å². The average Bonchev–Trinajstić information content (AvgIpc) is 2.47. The van der Waals surface area contributed by atoms with Crippen LogP contribution >= 0.6 is 0 Å². The summed E-state index contributed by atoms with van der Waals surface area (Å²) in [6.07, 6.45) is 3.47. The van der Waals surface area contributed by atoms with Crippen molar-refractivity contribution in [3.63, 3.8) is 0 Å². The van der Waals surface area contributed by atoms with Gasteiger partial charge >= 0.3 is 0 Å². The van der Waals surface area contributed by atoms with Gasteiger partial charge in [-0.1, -0.05) is 18.7 Å². The molecule has 18 heavy (non-hydrogen) atoms. The molecule has 1 fully saturated rings. The number of nitrogens with zero attached hydrogens (tertiary/aromatic N) is 3. The Morgan fingerprint density at radius 3 is 2.83 bits per heavy atom. The second-order valence-electron chi connectivity index (χ2n) is 4.28. The zero-order valence-corrected chi connectivity index (χ0v) is 10.2. The maximum atomic E-state index is 5.38. The lowest BCUT2D eigenvalue weighted by Crippen LogP contribution is -2.36. The van der Waals surface area contributed by atoms with Gasteiger partial charge in [-0.2, -0.15) is 0 Å². The maximum Gasteiger partial charge on any atom is 0.140 e. The molecule has 1 saturated heterocycles. The summed E-state index contributed by atoms with van der Waals surface area (Å²) in [5.41, 5.74) is 2.06. The fraction of sp³-hybridized carbons (Fsp3) is 0.286. The quantitative estimate of drug-likeness (QED) is 0.807. The van der Waals surface area contributed by atoms with E-state index in [2.05, 4.69) is 27.5 Å². The first-order valence-electron chi connectivity index (χ1n) is 6.08. The normalized spacial score (nSPS) is 15.9. The molecule has 1 aliphatic heterocycles. The molecule has 1 aromatic heterocycles. The summed E-state index contributed by atoms with van der Waals surface area (Å²) in [6, 6.07) is 6.12. The van der Waals surface area contributed by atoms with E-state index in [-0.39, 0.29) is 0 Å². The van der Waals surface area contributed by atoms with E-state index in [4.69, 9.17) is 4.74 Å². The lowest BCUT2D eigenvalue weighted by molar-refractivity contribution is 0.122. The highest BCUT2D eigenvalue weighted by molar-refractivity contribution is 5.91. The number of hydrogen-bond acceptors (Lipinski definition) is 4. The predicted octanol–water partition coefficient (Wildman–Crippen LogP) is 2.11. The highest BCUT2D eigenvalue weighted by Gasteiger charge is 2.15. The first-order valence-corrected chi connectivity index (χ1v) is 6.08. The van der Waals surface area contributed by atoms with Gasteiger partial charge in [-0.15, -0.1) is 0 Å². The Bertz CT molecular complexity index is 576. The monoisotopic (exact) mass is 241 g/mol. The van der Waals surface area contributed by atoms with E-state index in [1.807, 2.05) is 18.2 Å². The zero-order chi connectivity index (χ0) is 12.4. The molecule has 0 bridgehead atoms. The van der Waals surface area contributed by atoms with Gasteiger partial charge in [-0.25, -0.2) is 9.97 Å². The maximum absolute atomic E-state index is 5.38. The number of fused-ring (bicyclic) bond motifs is 1. The molecular weight excluding hydrogens is 226 g/mol. The highest BCUT2D eigenvalue weighted by Crippen LogP contribution is 2.24. The molecule has 2 aromatic rings. The van der Waals surface area contributed by atoms with E-state index in [0.717, 1.165) is 48.6 Å². The summed E-state index contributed by atoms with van der Waals surface area (Å²) in [5.74, 6) is 0.993. The van der Waals surface area contributed by atoms with Crippen molar-refractivity contribution in [2.75, 3.05) is 31.2 Å². The SMILES string of the molecule is C=Cc1ccc2ncnc(N3CCOCC3)c2c1. The van der Waals surface area contributed by atoms with Crippen LogP contribution in [-0.2, 0) is 4.74 Å². The van der Waals surface area contributed by atoms with Crippen molar-refractivity contribution in [2.45, 2.75) is 0 Å². The van der Waals surface area contributed by atoms with E-state index in [1.54, 1.807) is 6.33 Å². The van der Waals surface area contributed by atoms with Crippen molar-refractivity contribution in [1.29, 1.82) is 0 Å². The number of ether oxygens (including phenoxy) is 1. The van der Waals surface area contributed by atoms with Crippen LogP contribution in [0.5, 0.6) is 0 Å². The molecule has 2 heterocycles. The third-order valence-corrected chi connectivity index (χ3v) is 3.18. The van der Waals surface area contributed by atoms with Crippen molar-refractivity contribution in [3.8, 4) is 0 Å². The Kier molecular flexibility index (Phi) is 2.94. The van der Waals surface area contributed by atoms with Crippen LogP contribution < -0.4 is 4.90 Å². The molecule has 0 amide bonds. The van der Waals surface area contributed by atoms with Crippen molar-refractivity contribution in [3.05, 3.63) is 36.7 Å². The van der Waals surface area contributed by atoms with Gasteiger partial charge in [0, 0.05) is 18.5 Å². The number of aromatic nitrogens is 2. The third-order valence-electron chi connectivity index (χ3n) is 3.18. The topological polar surface area (TPSA) is 38.2 Å². The second kappa shape index (κ2) is 4.74. The van der Waals surface area contributed by atoms with Crippen LogP contribution in [0.25, 0.3) is 17.0 Å². The van der Waals surface area contributed by atoms with Gasteiger partial charge in [0.05, 0.1) is 18.7 Å². The van der Waals surface area contributed by atoms with Crippen molar-refractivity contribution in [1.82, 2.24) is 9.97 Å². The second-order valence-corrected chi connectivity index (χ2v) is 4.28. The molecule has 0 aliphatic carbocycles. The number of anilines is 1. The van der Waals surface area contributed by atoms with Crippen LogP contribution in [0.3, 0.4) is 0 Å². The van der Waals surface area contributed by atoms with E-state index < -0.39 is 0 Å². The Balaban J connectivity index is 2.11. The molecule has 0 atom stereocenters. The fourth-order valence-corrected chi connectivity index (χ4v) is 2.21. The van der Waals surface area contributed by atoms with Crippen LogP contribution in [0, 0.1) is 0 Å². The smallest absolute Gasteiger partial charge is 0.140 e. The van der Waals surface area contributed by atoms with Crippen LogP contribution in [0.15, 0.2) is 31.1 Å². The minimum Gasteiger partial charge on any atom is -0.378 e. The van der Waals surface area contributed by atoms with Crippen molar-refractivity contribution >= 4 is 22.8 Å². The highest BCUT2D eigenvalue weighted by atomic mass is 16.5. The minimum absolute atomic E-state index is 0.757. The summed E-state index contributed by atoms with van der Waals surface area (Å²) >= 11 is 0. The molecule has 0 radical (unpaired) electrons. The Morgan fingerprint density at radius 2 is 2.06 bits per heavy atom. The lowest BCUT2D eigenvalue weighted by atomic mass is 10.1. The third kappa shape index (κ3) is 1.95. The molecule has 0 N–H and O–H groups in total. The van der Waals surface area contributed by atoms with E-state index in [0.29, 0.717) is 0 Å². The first-order chi connectivity index (χ1) is 8.88. The largest absolute Gasteiger partial charge is 0.378 e. The molecule has 4 nitrogen and oxygen atoms in total. The van der Waals surface area contributed by atoms with Crippen LogP contribution in [0.2, 0.25) is 0 Å². The number of hydrogen-bond donors (Lipinski definition) is 0. The lowest BCUT2D eigenvalue weighted by Gasteiger charge is -2.28. The van der Waals surface area contributed by atoms with Gasteiger partial charge in [0.2, 0.25) is 0 Å². The summed E-state index contributed by atoms with van der Waals surface area (Å²) in [5, 5.41) is 1.08. The molecule has 1 aromatic carbocycles. The Hall–Kier alpha value is -1.94. The molecule has 4 heteroatoms. The molecule has 3 rings (SSSR count). The van der Waals surface area contributed by atoms with E-state index >= 15 is 0 Å². The number of benzene rings is 1. The summed E-state index contributed by atoms with van der Waals surface area (Å²) in [4.78, 5) is 11.0.